The predicted molar refractivity (Wildman–Crippen MR) is 184 cm³/mol. The van der Waals surface area contributed by atoms with Gasteiger partial charge in [0, 0.05) is 0 Å². The van der Waals surface area contributed by atoms with Gasteiger partial charge in [-0.05, 0) is 51.4 Å². The van der Waals surface area contributed by atoms with Crippen molar-refractivity contribution in [3.8, 4) is 0 Å². The summed E-state index contributed by atoms with van der Waals surface area (Å²) in [5.41, 5.74) is 0. The van der Waals surface area contributed by atoms with Crippen LogP contribution in [0.1, 0.15) is 158 Å². The van der Waals surface area contributed by atoms with Crippen LogP contribution in [0.2, 0.25) is 0 Å². The van der Waals surface area contributed by atoms with Crippen LogP contribution in [0.5, 0.6) is 0 Å². The van der Waals surface area contributed by atoms with Gasteiger partial charge in [-0.15, -0.1) is 0 Å². The molecule has 0 aliphatic carbocycles. The molecule has 1 saturated heterocycles. The van der Waals surface area contributed by atoms with E-state index in [1.165, 1.54) is 0 Å². The van der Waals surface area contributed by atoms with E-state index in [4.69, 9.17) is 23.7 Å². The number of rotatable bonds is 26. The second kappa shape index (κ2) is 24.9. The van der Waals surface area contributed by atoms with Crippen molar-refractivity contribution >= 4 is 23.9 Å². The van der Waals surface area contributed by atoms with E-state index in [0.29, 0.717) is 44.9 Å². The minimum absolute atomic E-state index is 0.0204. The smallest absolute Gasteiger partial charge is 0.309 e. The Balaban J connectivity index is 3.42. The quantitative estimate of drug-likeness (QED) is 0.0661. The van der Waals surface area contributed by atoms with Crippen molar-refractivity contribution < 1.29 is 42.9 Å². The Morgan fingerprint density at radius 3 is 1.40 bits per heavy atom. The summed E-state index contributed by atoms with van der Waals surface area (Å²) < 4.78 is 30.3. The largest absolute Gasteiger partial charge is 0.461 e. The third-order valence-corrected chi connectivity index (χ3v) is 9.62. The molecule has 0 amide bonds. The van der Waals surface area contributed by atoms with Crippen LogP contribution in [0, 0.1) is 23.7 Å². The van der Waals surface area contributed by atoms with Crippen molar-refractivity contribution in [3.05, 3.63) is 0 Å². The lowest BCUT2D eigenvalue weighted by Crippen LogP contribution is -2.48. The van der Waals surface area contributed by atoms with Crippen LogP contribution in [0.25, 0.3) is 0 Å². The molecule has 47 heavy (non-hydrogen) atoms. The second-order valence-corrected chi connectivity index (χ2v) is 13.3. The molecule has 8 atom stereocenters. The van der Waals surface area contributed by atoms with E-state index in [0.717, 1.165) is 57.8 Å². The minimum Gasteiger partial charge on any atom is -0.461 e. The summed E-state index contributed by atoms with van der Waals surface area (Å²) in [4.78, 5) is 53.5. The molecule has 0 spiro atoms. The number of ether oxygens (including phenoxy) is 5. The molecular formula is C38H68O9. The van der Waals surface area contributed by atoms with E-state index >= 15 is 0 Å². The zero-order valence-corrected chi connectivity index (χ0v) is 31.0. The van der Waals surface area contributed by atoms with Gasteiger partial charge in [-0.25, -0.2) is 0 Å². The summed E-state index contributed by atoms with van der Waals surface area (Å²) >= 11 is 0. The zero-order valence-electron chi connectivity index (χ0n) is 31.0. The minimum atomic E-state index is -1.04. The molecule has 0 aromatic heterocycles. The Morgan fingerprint density at radius 1 is 0.574 bits per heavy atom. The molecule has 4 unspecified atom stereocenters. The fraction of sp³-hybridized carbons (Fsp3) is 0.895. The van der Waals surface area contributed by atoms with Crippen LogP contribution in [-0.2, 0) is 42.9 Å². The van der Waals surface area contributed by atoms with Crippen LogP contribution in [-0.4, -0.2) is 61.5 Å². The first kappa shape index (κ1) is 42.9. The van der Waals surface area contributed by atoms with E-state index in [2.05, 4.69) is 27.7 Å². The molecule has 1 heterocycles. The number of unbranched alkanes of at least 4 members (excludes halogenated alkanes) is 4. The summed E-state index contributed by atoms with van der Waals surface area (Å²) in [6.45, 7) is 15.9. The van der Waals surface area contributed by atoms with Gasteiger partial charge in [-0.2, -0.15) is 0 Å². The molecule has 1 aliphatic heterocycles. The van der Waals surface area contributed by atoms with Crippen molar-refractivity contribution in [2.24, 2.45) is 23.7 Å². The Kier molecular flexibility index (Phi) is 22.7. The maximum Gasteiger partial charge on any atom is 0.309 e. The van der Waals surface area contributed by atoms with Crippen molar-refractivity contribution in [1.29, 1.82) is 0 Å². The van der Waals surface area contributed by atoms with Gasteiger partial charge in [0.1, 0.15) is 12.7 Å². The van der Waals surface area contributed by atoms with Crippen LogP contribution < -0.4 is 0 Å². The molecule has 9 nitrogen and oxygen atoms in total. The molecule has 1 aliphatic rings. The van der Waals surface area contributed by atoms with Crippen molar-refractivity contribution in [3.63, 3.8) is 0 Å². The van der Waals surface area contributed by atoms with E-state index in [1.807, 2.05) is 27.7 Å². The lowest BCUT2D eigenvalue weighted by Gasteiger charge is -2.31. The Bertz CT molecular complexity index is 890. The summed E-state index contributed by atoms with van der Waals surface area (Å²) in [6, 6.07) is 0. The molecule has 9 heteroatoms. The number of carbonyl (C=O) groups is 4. The zero-order chi connectivity index (χ0) is 35.2. The van der Waals surface area contributed by atoms with Crippen LogP contribution in [0.4, 0.5) is 0 Å². The highest BCUT2D eigenvalue weighted by Crippen LogP contribution is 2.30. The predicted octanol–water partition coefficient (Wildman–Crippen LogP) is 8.53. The van der Waals surface area contributed by atoms with Crippen LogP contribution >= 0.6 is 0 Å². The van der Waals surface area contributed by atoms with E-state index < -0.39 is 30.4 Å². The third kappa shape index (κ3) is 14.9. The summed E-state index contributed by atoms with van der Waals surface area (Å²) in [5, 5.41) is 0. The van der Waals surface area contributed by atoms with Gasteiger partial charge in [-0.1, -0.05) is 107 Å². The standard InChI is InChI=1S/C38H68O9/c1-9-17-21-27(13-5)35(39)44-26-31(45-36(40)28(14-6)22-18-10-2)33-34(47-38(42)30(16-8)24-20-12-4)32(25-43-33)46-37(41)29(15-7)23-19-11-3/h27-34H,9-26H2,1-8H3/t27?,28?,29?,30?,31-,32+,33-,34-/m1/s1. The number of esters is 4. The number of carbonyl (C=O) groups excluding carboxylic acids is 4. The lowest BCUT2D eigenvalue weighted by atomic mass is 9.98. The maximum absolute atomic E-state index is 13.5. The molecule has 0 radical (unpaired) electrons. The maximum atomic E-state index is 13.5. The fourth-order valence-corrected chi connectivity index (χ4v) is 6.13. The SMILES string of the molecule is CCCCC(CC)C(=O)OC[C@@H](OC(=O)C(CC)CCCC)[C@H]1OC[C@H](OC(=O)C(CC)CCCC)[C@H]1OC(=O)C(CC)CCCC. The van der Waals surface area contributed by atoms with Crippen molar-refractivity contribution in [2.45, 2.75) is 183 Å². The molecule has 0 saturated carbocycles. The summed E-state index contributed by atoms with van der Waals surface area (Å²) in [7, 11) is 0. The third-order valence-electron chi connectivity index (χ3n) is 9.62. The first-order valence-electron chi connectivity index (χ1n) is 19.0. The van der Waals surface area contributed by atoms with Crippen LogP contribution in [0.3, 0.4) is 0 Å². The van der Waals surface area contributed by atoms with E-state index in [-0.39, 0.29) is 54.8 Å². The Labute approximate surface area is 285 Å². The number of hydrogen-bond acceptors (Lipinski definition) is 9. The van der Waals surface area contributed by atoms with Gasteiger partial charge in [0.25, 0.3) is 0 Å². The second-order valence-electron chi connectivity index (χ2n) is 13.3. The van der Waals surface area contributed by atoms with Gasteiger partial charge in [0.05, 0.1) is 30.3 Å². The average Bonchev–Trinajstić information content (AvgIpc) is 3.45. The highest BCUT2D eigenvalue weighted by atomic mass is 16.7. The molecule has 1 fully saturated rings. The lowest BCUT2D eigenvalue weighted by molar-refractivity contribution is -0.184. The van der Waals surface area contributed by atoms with Gasteiger partial charge >= 0.3 is 23.9 Å². The summed E-state index contributed by atoms with van der Waals surface area (Å²) in [5.74, 6) is -2.64. The van der Waals surface area contributed by atoms with Gasteiger partial charge in [-0.3, -0.25) is 19.2 Å². The van der Waals surface area contributed by atoms with Crippen molar-refractivity contribution in [1.82, 2.24) is 0 Å². The first-order valence-corrected chi connectivity index (χ1v) is 19.0. The topological polar surface area (TPSA) is 114 Å². The van der Waals surface area contributed by atoms with Crippen LogP contribution in [0.15, 0.2) is 0 Å². The average molecular weight is 669 g/mol. The van der Waals surface area contributed by atoms with E-state index in [1.54, 1.807) is 0 Å². The first-order chi connectivity index (χ1) is 22.6. The molecule has 0 aromatic carbocycles. The Hall–Kier alpha value is -2.16. The number of hydrogen-bond donors (Lipinski definition) is 0. The highest BCUT2D eigenvalue weighted by molar-refractivity contribution is 5.75. The van der Waals surface area contributed by atoms with E-state index in [9.17, 15) is 19.2 Å². The molecule has 0 N–H and O–H groups in total. The summed E-state index contributed by atoms with van der Waals surface area (Å²) in [6.07, 6.45) is 8.83. The molecule has 0 aromatic rings. The normalized spacial score (nSPS) is 20.9. The van der Waals surface area contributed by atoms with Gasteiger partial charge in [0.15, 0.2) is 18.3 Å². The Morgan fingerprint density at radius 2 is 0.979 bits per heavy atom. The molecule has 1 rings (SSSR count). The van der Waals surface area contributed by atoms with Crippen molar-refractivity contribution in [2.75, 3.05) is 13.2 Å². The fourth-order valence-electron chi connectivity index (χ4n) is 6.13. The van der Waals surface area contributed by atoms with Gasteiger partial charge < -0.3 is 23.7 Å². The molecule has 0 bridgehead atoms. The highest BCUT2D eigenvalue weighted by Gasteiger charge is 2.49. The molecule has 274 valence electrons. The molecular weight excluding hydrogens is 600 g/mol. The van der Waals surface area contributed by atoms with Gasteiger partial charge in [0.2, 0.25) is 0 Å². The monoisotopic (exact) mass is 668 g/mol.